The summed E-state index contributed by atoms with van der Waals surface area (Å²) >= 11 is 0. The summed E-state index contributed by atoms with van der Waals surface area (Å²) in [5.41, 5.74) is -0.500. The number of alkyl halides is 2. The molecule has 0 spiro atoms. The van der Waals surface area contributed by atoms with E-state index in [-0.39, 0.29) is 31.5 Å². The summed E-state index contributed by atoms with van der Waals surface area (Å²) in [4.78, 5) is 60.0. The third kappa shape index (κ3) is 12.7. The molecule has 0 radical (unpaired) electrons. The van der Waals surface area contributed by atoms with Crippen LogP contribution in [0.15, 0.2) is 24.5 Å². The van der Waals surface area contributed by atoms with Crippen molar-refractivity contribution in [1.82, 2.24) is 35.5 Å². The molecule has 0 bridgehead atoms. The molecule has 0 saturated carbocycles. The molecule has 284 valence electrons. The van der Waals surface area contributed by atoms with Crippen LogP contribution in [0.5, 0.6) is 0 Å². The van der Waals surface area contributed by atoms with Gasteiger partial charge in [0.2, 0.25) is 34.2 Å². The van der Waals surface area contributed by atoms with Crippen LogP contribution in [-0.2, 0) is 30.8 Å². The van der Waals surface area contributed by atoms with Crippen molar-refractivity contribution in [2.24, 2.45) is 22.7 Å². The maximum Gasteiger partial charge on any atom is 0.315 e. The van der Waals surface area contributed by atoms with Crippen LogP contribution in [-0.4, -0.2) is 110 Å². The highest BCUT2D eigenvalue weighted by atomic mass is 32.2. The summed E-state index contributed by atoms with van der Waals surface area (Å²) in [7, 11) is -2.12. The number of halogens is 2. The second-order valence-electron chi connectivity index (χ2n) is 15.6. The Bertz CT molecular complexity index is 1420. The van der Waals surface area contributed by atoms with E-state index in [4.69, 9.17) is 0 Å². The molecule has 1 aliphatic heterocycles. The van der Waals surface area contributed by atoms with Gasteiger partial charge in [-0.2, -0.15) is 0 Å². The monoisotopic (exact) mass is 729 g/mol. The standard InChI is InChI=1S/C34H57F2N7O6S/c1-21(2)23-14-18-43(27(23)30(45)39-24(19-26(35)36)29(44)38-17-13-22-11-15-37-16-12-22)31(46)28(34(6,7)8)41-32(47)40-25(33(3,4)5)20-42(9)50(10,48)49/h11-12,15-16,21,23-28H,13-14,17-20H2,1-10H3,(H,38,44)(H,39,45)(H2,40,41,47)/t23?,24-,25+,27-,28+/m0/s1. The number of urea groups is 1. The van der Waals surface area contributed by atoms with E-state index in [1.165, 1.54) is 11.9 Å². The molecule has 1 aromatic heterocycles. The number of carbonyl (C=O) groups is 4. The first-order valence-electron chi connectivity index (χ1n) is 17.0. The van der Waals surface area contributed by atoms with Crippen molar-refractivity contribution in [2.75, 3.05) is 32.9 Å². The van der Waals surface area contributed by atoms with E-state index in [0.717, 1.165) is 16.1 Å². The van der Waals surface area contributed by atoms with Crippen LogP contribution in [0.25, 0.3) is 0 Å². The number of likely N-dealkylation sites (tertiary alicyclic amines) is 1. The van der Waals surface area contributed by atoms with Gasteiger partial charge in [-0.25, -0.2) is 26.3 Å². The first kappa shape index (κ1) is 42.8. The van der Waals surface area contributed by atoms with Gasteiger partial charge in [-0.1, -0.05) is 55.4 Å². The normalized spacial score (nSPS) is 18.9. The van der Waals surface area contributed by atoms with Gasteiger partial charge in [0.25, 0.3) is 0 Å². The van der Waals surface area contributed by atoms with Gasteiger partial charge in [0, 0.05) is 51.5 Å². The highest BCUT2D eigenvalue weighted by Crippen LogP contribution is 2.33. The number of rotatable bonds is 15. The van der Waals surface area contributed by atoms with Gasteiger partial charge in [0.1, 0.15) is 18.1 Å². The van der Waals surface area contributed by atoms with Crippen molar-refractivity contribution in [2.45, 2.75) is 105 Å². The first-order valence-corrected chi connectivity index (χ1v) is 18.8. The SMILES string of the molecule is CC(C)C1CCN(C(=O)[C@@H](NC(=O)N[C@H](CN(C)S(C)(=O)=O)C(C)(C)C)C(C)(C)C)[C@@H]1C(=O)N[C@@H](CC(F)F)C(=O)NCCc1ccncc1. The number of likely N-dealkylation sites (N-methyl/N-ethyl adjacent to an activating group) is 1. The van der Waals surface area contributed by atoms with E-state index in [1.807, 2.05) is 34.6 Å². The van der Waals surface area contributed by atoms with Gasteiger partial charge in [-0.3, -0.25) is 19.4 Å². The number of nitrogens with one attached hydrogen (secondary N) is 4. The summed E-state index contributed by atoms with van der Waals surface area (Å²) in [6.45, 7) is 14.9. The van der Waals surface area contributed by atoms with Crippen LogP contribution in [0.1, 0.15) is 73.8 Å². The fourth-order valence-electron chi connectivity index (χ4n) is 5.84. The Morgan fingerprint density at radius 3 is 2.10 bits per heavy atom. The molecule has 1 aliphatic rings. The van der Waals surface area contributed by atoms with E-state index in [1.54, 1.807) is 45.3 Å². The Hall–Kier alpha value is -3.40. The van der Waals surface area contributed by atoms with Gasteiger partial charge in [-0.05, 0) is 53.2 Å². The number of carbonyl (C=O) groups excluding carboxylic acids is 4. The van der Waals surface area contributed by atoms with Crippen LogP contribution in [0.4, 0.5) is 13.6 Å². The minimum absolute atomic E-state index is 0.00851. The summed E-state index contributed by atoms with van der Waals surface area (Å²) < 4.78 is 52.6. The highest BCUT2D eigenvalue weighted by molar-refractivity contribution is 7.88. The Morgan fingerprint density at radius 1 is 1.00 bits per heavy atom. The lowest BCUT2D eigenvalue weighted by atomic mass is 9.84. The van der Waals surface area contributed by atoms with Crippen molar-refractivity contribution >= 4 is 33.8 Å². The van der Waals surface area contributed by atoms with Crippen molar-refractivity contribution in [1.29, 1.82) is 0 Å². The minimum Gasteiger partial charge on any atom is -0.354 e. The molecule has 50 heavy (non-hydrogen) atoms. The van der Waals surface area contributed by atoms with Crippen LogP contribution >= 0.6 is 0 Å². The fraction of sp³-hybridized carbons (Fsp3) is 0.735. The van der Waals surface area contributed by atoms with Crippen LogP contribution in [0, 0.1) is 22.7 Å². The Kier molecular flexibility index (Phi) is 15.1. The number of aromatic nitrogens is 1. The zero-order valence-electron chi connectivity index (χ0n) is 31.0. The number of nitrogens with zero attached hydrogens (tertiary/aromatic N) is 3. The molecule has 2 heterocycles. The zero-order valence-corrected chi connectivity index (χ0v) is 31.9. The first-order chi connectivity index (χ1) is 22.9. The third-order valence-electron chi connectivity index (χ3n) is 9.11. The fourth-order valence-corrected chi connectivity index (χ4v) is 6.26. The van der Waals surface area contributed by atoms with E-state index in [0.29, 0.717) is 12.8 Å². The molecule has 5 atom stereocenters. The minimum atomic E-state index is -3.53. The summed E-state index contributed by atoms with van der Waals surface area (Å²) in [5.74, 6) is -2.44. The maximum absolute atomic E-state index is 14.3. The van der Waals surface area contributed by atoms with Crippen LogP contribution < -0.4 is 21.3 Å². The van der Waals surface area contributed by atoms with Gasteiger partial charge in [0.05, 0.1) is 6.26 Å². The van der Waals surface area contributed by atoms with E-state index >= 15 is 0 Å². The number of hydrogen-bond donors (Lipinski definition) is 4. The predicted molar refractivity (Wildman–Crippen MR) is 188 cm³/mol. The third-order valence-corrected chi connectivity index (χ3v) is 10.4. The number of sulfonamides is 1. The molecular weight excluding hydrogens is 672 g/mol. The quantitative estimate of drug-likeness (QED) is 0.215. The molecule has 1 saturated heterocycles. The van der Waals surface area contributed by atoms with E-state index in [9.17, 15) is 36.4 Å². The molecule has 0 aromatic carbocycles. The summed E-state index contributed by atoms with van der Waals surface area (Å²) in [6, 6.07) is -1.51. The average Bonchev–Trinajstić information content (AvgIpc) is 3.43. The largest absolute Gasteiger partial charge is 0.354 e. The molecule has 16 heteroatoms. The molecule has 4 N–H and O–H groups in total. The van der Waals surface area contributed by atoms with Crippen LogP contribution in [0.2, 0.25) is 0 Å². The van der Waals surface area contributed by atoms with Gasteiger partial charge >= 0.3 is 6.03 Å². The smallest absolute Gasteiger partial charge is 0.315 e. The average molecular weight is 730 g/mol. The van der Waals surface area contributed by atoms with Crippen molar-refractivity contribution in [3.63, 3.8) is 0 Å². The van der Waals surface area contributed by atoms with Crippen molar-refractivity contribution in [3.8, 4) is 0 Å². The molecule has 1 fully saturated rings. The second-order valence-corrected chi connectivity index (χ2v) is 17.7. The number of pyridine rings is 1. The number of amides is 5. The number of hydrogen-bond acceptors (Lipinski definition) is 7. The highest BCUT2D eigenvalue weighted by Gasteiger charge is 2.48. The van der Waals surface area contributed by atoms with Gasteiger partial charge in [0.15, 0.2) is 0 Å². The van der Waals surface area contributed by atoms with Crippen molar-refractivity contribution < 1.29 is 36.4 Å². The Morgan fingerprint density at radius 2 is 1.60 bits per heavy atom. The zero-order chi connectivity index (χ0) is 38.2. The Balaban J connectivity index is 2.30. The van der Waals surface area contributed by atoms with Crippen molar-refractivity contribution in [3.05, 3.63) is 30.1 Å². The van der Waals surface area contributed by atoms with E-state index in [2.05, 4.69) is 26.3 Å². The lowest BCUT2D eigenvalue weighted by Crippen LogP contribution is -2.62. The molecule has 0 aliphatic carbocycles. The molecule has 13 nitrogen and oxygen atoms in total. The molecule has 5 amide bonds. The second kappa shape index (κ2) is 17.7. The molecule has 2 rings (SSSR count). The molecule has 1 aromatic rings. The predicted octanol–water partition coefficient (Wildman–Crippen LogP) is 2.77. The van der Waals surface area contributed by atoms with Crippen LogP contribution in [0.3, 0.4) is 0 Å². The lowest BCUT2D eigenvalue weighted by Gasteiger charge is -2.38. The van der Waals surface area contributed by atoms with Gasteiger partial charge in [-0.15, -0.1) is 0 Å². The Labute approximate surface area is 296 Å². The summed E-state index contributed by atoms with van der Waals surface area (Å²) in [5, 5.41) is 10.7. The van der Waals surface area contributed by atoms with E-state index < -0.39 is 81.6 Å². The summed E-state index contributed by atoms with van der Waals surface area (Å²) in [6.07, 6.45) is 1.38. The topological polar surface area (TPSA) is 170 Å². The maximum atomic E-state index is 14.3. The molecular formula is C34H57F2N7O6S. The lowest BCUT2D eigenvalue weighted by molar-refractivity contribution is -0.144. The molecule has 1 unspecified atom stereocenters. The van der Waals surface area contributed by atoms with Gasteiger partial charge < -0.3 is 26.2 Å².